The highest BCUT2D eigenvalue weighted by atomic mass is 16.5. The average Bonchev–Trinajstić information content (AvgIpc) is 2.38. The molecule has 2 rings (SSSR count). The van der Waals surface area contributed by atoms with Crippen molar-refractivity contribution in [3.63, 3.8) is 0 Å². The molecule has 1 aliphatic heterocycles. The summed E-state index contributed by atoms with van der Waals surface area (Å²) >= 11 is 0. The van der Waals surface area contributed by atoms with Crippen molar-refractivity contribution in [2.45, 2.75) is 6.10 Å². The second-order valence-corrected chi connectivity index (χ2v) is 4.22. The van der Waals surface area contributed by atoms with E-state index < -0.39 is 0 Å². The molecule has 4 nitrogen and oxygen atoms in total. The maximum atomic E-state index is 12.2. The van der Waals surface area contributed by atoms with Crippen LogP contribution in [0, 0.1) is 0 Å². The molecule has 17 heavy (non-hydrogen) atoms. The summed E-state index contributed by atoms with van der Waals surface area (Å²) < 4.78 is 10.6. The van der Waals surface area contributed by atoms with Crippen molar-refractivity contribution in [3.05, 3.63) is 29.8 Å². The Bertz CT molecular complexity index is 405. The van der Waals surface area contributed by atoms with Gasteiger partial charge in [-0.1, -0.05) is 12.1 Å². The Hall–Kier alpha value is -1.39. The van der Waals surface area contributed by atoms with Gasteiger partial charge in [0.2, 0.25) is 0 Å². The molecule has 0 saturated carbocycles. The molecule has 1 heterocycles. The van der Waals surface area contributed by atoms with Gasteiger partial charge < -0.3 is 14.4 Å². The van der Waals surface area contributed by atoms with Crippen LogP contribution < -0.4 is 4.74 Å². The molecule has 1 aliphatic rings. The summed E-state index contributed by atoms with van der Waals surface area (Å²) in [5.41, 5.74) is 0.643. The van der Waals surface area contributed by atoms with E-state index in [-0.39, 0.29) is 11.9 Å². The van der Waals surface area contributed by atoms with Crippen molar-refractivity contribution in [1.82, 2.24) is 4.90 Å². The van der Waals surface area contributed by atoms with Gasteiger partial charge in [0.05, 0.1) is 13.7 Å². The van der Waals surface area contributed by atoms with Crippen LogP contribution in [0.5, 0.6) is 5.75 Å². The summed E-state index contributed by atoms with van der Waals surface area (Å²) in [6.45, 7) is 2.13. The molecule has 1 atom stereocenters. The van der Waals surface area contributed by atoms with Crippen LogP contribution >= 0.6 is 0 Å². The standard InChI is InChI=1S/C13H17NO3/c1-14-6-7-17-12(9-14)13(15)10-4-3-5-11(8-10)16-2/h3-5,8,12H,6-7,9H2,1-2H3. The van der Waals surface area contributed by atoms with E-state index in [0.717, 1.165) is 6.54 Å². The lowest BCUT2D eigenvalue weighted by Crippen LogP contribution is -2.44. The Kier molecular flexibility index (Phi) is 3.76. The maximum absolute atomic E-state index is 12.2. The summed E-state index contributed by atoms with van der Waals surface area (Å²) in [6.07, 6.45) is -0.360. The lowest BCUT2D eigenvalue weighted by atomic mass is 10.0. The Morgan fingerprint density at radius 3 is 3.06 bits per heavy atom. The van der Waals surface area contributed by atoms with Gasteiger partial charge in [-0.3, -0.25) is 4.79 Å². The van der Waals surface area contributed by atoms with E-state index in [2.05, 4.69) is 4.90 Å². The number of nitrogens with zero attached hydrogens (tertiary/aromatic N) is 1. The summed E-state index contributed by atoms with van der Waals surface area (Å²) in [6, 6.07) is 7.19. The number of benzene rings is 1. The van der Waals surface area contributed by atoms with E-state index in [9.17, 15) is 4.79 Å². The monoisotopic (exact) mass is 235 g/mol. The Balaban J connectivity index is 2.12. The minimum atomic E-state index is -0.360. The molecule has 0 aromatic heterocycles. The highest BCUT2D eigenvalue weighted by Crippen LogP contribution is 2.16. The molecule has 92 valence electrons. The van der Waals surface area contributed by atoms with Crippen molar-refractivity contribution >= 4 is 5.78 Å². The van der Waals surface area contributed by atoms with Crippen molar-refractivity contribution in [2.24, 2.45) is 0 Å². The summed E-state index contributed by atoms with van der Waals surface area (Å²) in [4.78, 5) is 14.3. The smallest absolute Gasteiger partial charge is 0.193 e. The third-order valence-electron chi connectivity index (χ3n) is 2.92. The van der Waals surface area contributed by atoms with E-state index in [1.807, 2.05) is 19.2 Å². The normalized spacial score (nSPS) is 21.2. The quantitative estimate of drug-likeness (QED) is 0.738. The fourth-order valence-corrected chi connectivity index (χ4v) is 1.90. The van der Waals surface area contributed by atoms with Gasteiger partial charge in [0.25, 0.3) is 0 Å². The zero-order chi connectivity index (χ0) is 12.3. The van der Waals surface area contributed by atoms with E-state index >= 15 is 0 Å². The molecule has 0 amide bonds. The van der Waals surface area contributed by atoms with Gasteiger partial charge >= 0.3 is 0 Å². The Morgan fingerprint density at radius 2 is 2.35 bits per heavy atom. The first-order valence-corrected chi connectivity index (χ1v) is 5.69. The highest BCUT2D eigenvalue weighted by Gasteiger charge is 2.25. The van der Waals surface area contributed by atoms with Gasteiger partial charge in [0.15, 0.2) is 5.78 Å². The zero-order valence-corrected chi connectivity index (χ0v) is 10.2. The first-order valence-electron chi connectivity index (χ1n) is 5.69. The third-order valence-corrected chi connectivity index (χ3v) is 2.92. The van der Waals surface area contributed by atoms with E-state index in [4.69, 9.17) is 9.47 Å². The van der Waals surface area contributed by atoms with Crippen LogP contribution in [0.1, 0.15) is 10.4 Å². The molecular weight excluding hydrogens is 218 g/mol. The van der Waals surface area contributed by atoms with Crippen LogP contribution in [-0.4, -0.2) is 50.6 Å². The topological polar surface area (TPSA) is 38.8 Å². The number of methoxy groups -OCH3 is 1. The minimum absolute atomic E-state index is 0.0236. The fraction of sp³-hybridized carbons (Fsp3) is 0.462. The van der Waals surface area contributed by atoms with E-state index in [1.165, 1.54) is 0 Å². The second-order valence-electron chi connectivity index (χ2n) is 4.22. The molecule has 1 aromatic rings. The summed E-state index contributed by atoms with van der Waals surface area (Å²) in [5, 5.41) is 0. The number of rotatable bonds is 3. The van der Waals surface area contributed by atoms with Crippen LogP contribution in [0.3, 0.4) is 0 Å². The molecular formula is C13H17NO3. The van der Waals surface area contributed by atoms with Crippen molar-refractivity contribution < 1.29 is 14.3 Å². The van der Waals surface area contributed by atoms with Gasteiger partial charge in [-0.25, -0.2) is 0 Å². The first kappa shape index (κ1) is 12.1. The van der Waals surface area contributed by atoms with Gasteiger partial charge in [0, 0.05) is 18.7 Å². The van der Waals surface area contributed by atoms with Crippen molar-refractivity contribution in [2.75, 3.05) is 33.9 Å². The highest BCUT2D eigenvalue weighted by molar-refractivity contribution is 6.00. The molecule has 0 spiro atoms. The molecule has 4 heteroatoms. The van der Waals surface area contributed by atoms with E-state index in [0.29, 0.717) is 24.5 Å². The molecule has 0 radical (unpaired) electrons. The van der Waals surface area contributed by atoms with Gasteiger partial charge in [-0.05, 0) is 19.2 Å². The van der Waals surface area contributed by atoms with Gasteiger partial charge in [0.1, 0.15) is 11.9 Å². The summed E-state index contributed by atoms with van der Waals surface area (Å²) in [5.74, 6) is 0.718. The molecule has 0 N–H and O–H groups in total. The van der Waals surface area contributed by atoms with Gasteiger partial charge in [-0.15, -0.1) is 0 Å². The van der Waals surface area contributed by atoms with Crippen molar-refractivity contribution in [1.29, 1.82) is 0 Å². The fourth-order valence-electron chi connectivity index (χ4n) is 1.90. The summed E-state index contributed by atoms with van der Waals surface area (Å²) in [7, 11) is 3.59. The van der Waals surface area contributed by atoms with Crippen LogP contribution in [0.4, 0.5) is 0 Å². The van der Waals surface area contributed by atoms with Gasteiger partial charge in [-0.2, -0.15) is 0 Å². The van der Waals surface area contributed by atoms with E-state index in [1.54, 1.807) is 19.2 Å². The third kappa shape index (κ3) is 2.84. The van der Waals surface area contributed by atoms with Crippen LogP contribution in [0.25, 0.3) is 0 Å². The SMILES string of the molecule is COc1cccc(C(=O)C2CN(C)CCO2)c1. The second kappa shape index (κ2) is 5.29. The minimum Gasteiger partial charge on any atom is -0.497 e. The predicted molar refractivity (Wildman–Crippen MR) is 64.6 cm³/mol. The zero-order valence-electron chi connectivity index (χ0n) is 10.2. The number of likely N-dealkylation sites (N-methyl/N-ethyl adjacent to an activating group) is 1. The number of ketones is 1. The number of carbonyl (C=O) groups is 1. The lowest BCUT2D eigenvalue weighted by Gasteiger charge is -2.29. The van der Waals surface area contributed by atoms with Crippen LogP contribution in [-0.2, 0) is 4.74 Å². The number of ether oxygens (including phenoxy) is 2. The maximum Gasteiger partial charge on any atom is 0.193 e. The van der Waals surface area contributed by atoms with Crippen LogP contribution in [0.15, 0.2) is 24.3 Å². The molecule has 1 aromatic carbocycles. The number of morpholine rings is 1. The van der Waals surface area contributed by atoms with Crippen molar-refractivity contribution in [3.8, 4) is 5.75 Å². The Morgan fingerprint density at radius 1 is 1.53 bits per heavy atom. The van der Waals surface area contributed by atoms with Crippen LogP contribution in [0.2, 0.25) is 0 Å². The number of Topliss-reactive ketones (excluding diaryl/α,β-unsaturated/α-hetero) is 1. The molecule has 0 aliphatic carbocycles. The molecule has 1 unspecified atom stereocenters. The Labute approximate surface area is 101 Å². The number of hydrogen-bond acceptors (Lipinski definition) is 4. The first-order chi connectivity index (χ1) is 8.20. The molecule has 0 bridgehead atoms. The number of hydrogen-bond donors (Lipinski definition) is 0. The predicted octanol–water partition coefficient (Wildman–Crippen LogP) is 1.21. The molecule has 1 fully saturated rings. The average molecular weight is 235 g/mol. The number of carbonyl (C=O) groups excluding carboxylic acids is 1. The largest absolute Gasteiger partial charge is 0.497 e. The molecule has 1 saturated heterocycles. The lowest BCUT2D eigenvalue weighted by molar-refractivity contribution is -0.00863.